The fraction of sp³-hybridized carbons (Fsp3) is 0.913. The molecular formula is C23H44O5. The van der Waals surface area contributed by atoms with Gasteiger partial charge in [-0.2, -0.15) is 0 Å². The summed E-state index contributed by atoms with van der Waals surface area (Å²) in [5.74, 6) is 0. The Bertz CT molecular complexity index is 374. The zero-order valence-corrected chi connectivity index (χ0v) is 17.9. The molecule has 1 aliphatic rings. The second kappa shape index (κ2) is 17.4. The molecule has 3 N–H and O–H groups in total. The fourth-order valence-corrected chi connectivity index (χ4v) is 3.70. The first-order valence-electron chi connectivity index (χ1n) is 11.5. The highest BCUT2D eigenvalue weighted by Gasteiger charge is 2.38. The summed E-state index contributed by atoms with van der Waals surface area (Å²) in [6.45, 7) is 2.60. The van der Waals surface area contributed by atoms with Crippen molar-refractivity contribution in [3.63, 3.8) is 0 Å². The van der Waals surface area contributed by atoms with Crippen molar-refractivity contribution in [3.8, 4) is 0 Å². The van der Waals surface area contributed by atoms with Crippen molar-refractivity contribution in [2.24, 2.45) is 0 Å². The summed E-state index contributed by atoms with van der Waals surface area (Å²) < 4.78 is 11.0. The van der Waals surface area contributed by atoms with Crippen molar-refractivity contribution in [2.75, 3.05) is 19.8 Å². The maximum atomic E-state index is 10.00. The molecule has 0 amide bonds. The molecule has 4 atom stereocenters. The Morgan fingerprint density at radius 1 is 0.821 bits per heavy atom. The number of aliphatic hydroxyl groups is 3. The van der Waals surface area contributed by atoms with Gasteiger partial charge in [0, 0.05) is 6.61 Å². The second-order valence-electron chi connectivity index (χ2n) is 8.05. The van der Waals surface area contributed by atoms with Crippen molar-refractivity contribution >= 4 is 0 Å². The molecule has 1 aliphatic heterocycles. The zero-order valence-electron chi connectivity index (χ0n) is 17.9. The second-order valence-corrected chi connectivity index (χ2v) is 8.05. The predicted molar refractivity (Wildman–Crippen MR) is 113 cm³/mol. The minimum atomic E-state index is -1.08. The summed E-state index contributed by atoms with van der Waals surface area (Å²) in [4.78, 5) is 0. The lowest BCUT2D eigenvalue weighted by molar-refractivity contribution is -0.208. The molecule has 1 heterocycles. The van der Waals surface area contributed by atoms with Gasteiger partial charge in [-0.15, -0.1) is 0 Å². The van der Waals surface area contributed by atoms with Crippen LogP contribution in [-0.2, 0) is 9.47 Å². The van der Waals surface area contributed by atoms with Gasteiger partial charge >= 0.3 is 0 Å². The molecule has 0 aliphatic carbocycles. The fourth-order valence-electron chi connectivity index (χ4n) is 3.70. The van der Waals surface area contributed by atoms with E-state index in [1.54, 1.807) is 0 Å². The monoisotopic (exact) mass is 400 g/mol. The molecule has 1 rings (SSSR count). The van der Waals surface area contributed by atoms with Gasteiger partial charge in [0.25, 0.3) is 0 Å². The number of ether oxygens (including phenoxy) is 2. The largest absolute Gasteiger partial charge is 0.394 e. The normalized spacial score (nSPS) is 25.6. The van der Waals surface area contributed by atoms with Crippen LogP contribution in [0.5, 0.6) is 0 Å². The highest BCUT2D eigenvalue weighted by Crippen LogP contribution is 2.18. The van der Waals surface area contributed by atoms with Gasteiger partial charge in [-0.1, -0.05) is 76.4 Å². The van der Waals surface area contributed by atoms with E-state index in [1.165, 1.54) is 70.6 Å². The van der Waals surface area contributed by atoms with E-state index in [4.69, 9.17) is 14.6 Å². The van der Waals surface area contributed by atoms with Crippen LogP contribution in [0.15, 0.2) is 12.2 Å². The number of rotatable bonds is 17. The van der Waals surface area contributed by atoms with Gasteiger partial charge in [-0.3, -0.25) is 0 Å². The van der Waals surface area contributed by atoms with Gasteiger partial charge in [-0.05, 0) is 26.2 Å². The van der Waals surface area contributed by atoms with Crippen LogP contribution < -0.4 is 0 Å². The third-order valence-electron chi connectivity index (χ3n) is 5.60. The van der Waals surface area contributed by atoms with Crippen LogP contribution >= 0.6 is 0 Å². The molecule has 0 aromatic rings. The topological polar surface area (TPSA) is 79.2 Å². The maximum Gasteiger partial charge on any atom is 0.111 e. The van der Waals surface area contributed by atoms with Crippen molar-refractivity contribution in [1.82, 2.24) is 0 Å². The number of aliphatic hydroxyl groups excluding tert-OH is 3. The van der Waals surface area contributed by atoms with Crippen molar-refractivity contribution < 1.29 is 24.8 Å². The Labute approximate surface area is 172 Å². The van der Waals surface area contributed by atoms with Crippen molar-refractivity contribution in [1.29, 1.82) is 0 Å². The van der Waals surface area contributed by atoms with Crippen LogP contribution in [0, 0.1) is 0 Å². The van der Waals surface area contributed by atoms with E-state index in [-0.39, 0.29) is 13.2 Å². The quantitative estimate of drug-likeness (QED) is 0.253. The molecule has 166 valence electrons. The number of allylic oxidation sites excluding steroid dienone is 2. The summed E-state index contributed by atoms with van der Waals surface area (Å²) in [7, 11) is 0. The number of unbranched alkanes of at least 4 members (excludes halogenated alkanes) is 12. The first kappa shape index (κ1) is 25.6. The van der Waals surface area contributed by atoms with Crippen molar-refractivity contribution in [3.05, 3.63) is 12.2 Å². The molecule has 0 spiro atoms. The smallest absolute Gasteiger partial charge is 0.111 e. The van der Waals surface area contributed by atoms with Gasteiger partial charge < -0.3 is 24.8 Å². The number of hydrogen-bond acceptors (Lipinski definition) is 5. The van der Waals surface area contributed by atoms with Crippen LogP contribution in [0.2, 0.25) is 0 Å². The highest BCUT2D eigenvalue weighted by atomic mass is 16.6. The summed E-state index contributed by atoms with van der Waals surface area (Å²) >= 11 is 0. The minimum absolute atomic E-state index is 0.221. The van der Waals surface area contributed by atoms with E-state index in [0.717, 1.165) is 12.8 Å². The molecule has 0 aromatic heterocycles. The van der Waals surface area contributed by atoms with Crippen molar-refractivity contribution in [2.45, 2.75) is 115 Å². The molecule has 0 unspecified atom stereocenters. The molecule has 5 heteroatoms. The lowest BCUT2D eigenvalue weighted by Gasteiger charge is -2.36. The molecule has 0 bridgehead atoms. The standard InChI is InChI=1S/C23H44O5/c1-2-3-4-5-6-7-8-9-10-11-12-13-14-15-16-17-27-21-19-28-20(18-24)22(25)23(21)26/h2-3,20-26H,4-19H2,1H3/b3-2+/t20-,21+,22-,23-/m1/s1. The lowest BCUT2D eigenvalue weighted by Crippen LogP contribution is -2.55. The number of hydrogen-bond donors (Lipinski definition) is 3. The van der Waals surface area contributed by atoms with Gasteiger partial charge in [0.1, 0.15) is 24.4 Å². The van der Waals surface area contributed by atoms with E-state index in [2.05, 4.69) is 19.1 Å². The predicted octanol–water partition coefficient (Wildman–Crippen LogP) is 4.13. The molecule has 1 fully saturated rings. The van der Waals surface area contributed by atoms with Gasteiger partial charge in [0.15, 0.2) is 0 Å². The average Bonchev–Trinajstić information content (AvgIpc) is 2.70. The third kappa shape index (κ3) is 11.5. The van der Waals surface area contributed by atoms with Gasteiger partial charge in [0.05, 0.1) is 13.2 Å². The third-order valence-corrected chi connectivity index (χ3v) is 5.60. The first-order valence-corrected chi connectivity index (χ1v) is 11.5. The Kier molecular flexibility index (Phi) is 15.9. The van der Waals surface area contributed by atoms with E-state index in [9.17, 15) is 10.2 Å². The summed E-state index contributed by atoms with van der Waals surface area (Å²) in [5.41, 5.74) is 0. The molecular weight excluding hydrogens is 356 g/mol. The average molecular weight is 401 g/mol. The Morgan fingerprint density at radius 2 is 1.36 bits per heavy atom. The van der Waals surface area contributed by atoms with Crippen LogP contribution in [0.25, 0.3) is 0 Å². The molecule has 0 saturated carbocycles. The van der Waals surface area contributed by atoms with Crippen LogP contribution in [-0.4, -0.2) is 59.6 Å². The van der Waals surface area contributed by atoms with Gasteiger partial charge in [0.2, 0.25) is 0 Å². The van der Waals surface area contributed by atoms with Crippen LogP contribution in [0.1, 0.15) is 90.4 Å². The molecule has 1 saturated heterocycles. The summed E-state index contributed by atoms with van der Waals surface area (Å²) in [6, 6.07) is 0. The lowest BCUT2D eigenvalue weighted by atomic mass is 10.0. The molecule has 0 aromatic carbocycles. The molecule has 0 radical (unpaired) electrons. The summed E-state index contributed by atoms with van der Waals surface area (Å²) in [5, 5.41) is 28.9. The minimum Gasteiger partial charge on any atom is -0.394 e. The Morgan fingerprint density at radius 3 is 1.89 bits per heavy atom. The Hall–Kier alpha value is -0.460. The highest BCUT2D eigenvalue weighted by molar-refractivity contribution is 4.87. The summed E-state index contributed by atoms with van der Waals surface area (Å²) in [6.07, 6.45) is 17.9. The maximum absolute atomic E-state index is 10.00. The van der Waals surface area contributed by atoms with Crippen LogP contribution in [0.4, 0.5) is 0 Å². The van der Waals surface area contributed by atoms with Crippen LogP contribution in [0.3, 0.4) is 0 Å². The van der Waals surface area contributed by atoms with E-state index < -0.39 is 24.4 Å². The van der Waals surface area contributed by atoms with Gasteiger partial charge in [-0.25, -0.2) is 0 Å². The van der Waals surface area contributed by atoms with E-state index in [0.29, 0.717) is 6.61 Å². The first-order chi connectivity index (χ1) is 13.7. The van der Waals surface area contributed by atoms with E-state index >= 15 is 0 Å². The SMILES string of the molecule is C/C=C/CCCCCCCCCCCCCCO[C@H]1CO[C@H](CO)[C@@H](O)[C@@H]1O. The molecule has 5 nitrogen and oxygen atoms in total. The zero-order chi connectivity index (χ0) is 20.5. The van der Waals surface area contributed by atoms with E-state index in [1.807, 2.05) is 0 Å². The molecule has 28 heavy (non-hydrogen) atoms. The Balaban J connectivity index is 1.82.